The van der Waals surface area contributed by atoms with E-state index in [1.807, 2.05) is 0 Å². The van der Waals surface area contributed by atoms with Gasteiger partial charge in [0.15, 0.2) is 0 Å². The minimum atomic E-state index is -0.514. The summed E-state index contributed by atoms with van der Waals surface area (Å²) in [6.07, 6.45) is 1.50. The first-order chi connectivity index (χ1) is 3.97. The minimum Gasteiger partial charge on any atom is -0.723 e. The largest absolute Gasteiger partial charge is 2.00 e. The molecular weight excluding hydrogens is 181 g/mol. The summed E-state index contributed by atoms with van der Waals surface area (Å²) in [5.41, 5.74) is -0.514. The topological polar surface area (TPSA) is 32.3 Å². The Balaban J connectivity index is -0.000000107. The van der Waals surface area contributed by atoms with Gasteiger partial charge in [0.2, 0.25) is 0 Å². The van der Waals surface area contributed by atoms with Crippen LogP contribution in [0, 0.1) is 6.92 Å². The molecular formula is C7H14O2Zn. The Hall–Kier alpha value is 0.153. The Bertz CT molecular complexity index is 66.5. The number of rotatable bonds is 0. The van der Waals surface area contributed by atoms with E-state index in [-0.39, 0.29) is 19.5 Å². The van der Waals surface area contributed by atoms with Gasteiger partial charge >= 0.3 is 19.5 Å². The van der Waals surface area contributed by atoms with Crippen LogP contribution in [0.1, 0.15) is 20.8 Å². The van der Waals surface area contributed by atoms with Crippen LogP contribution in [-0.2, 0) is 24.4 Å². The maximum Gasteiger partial charge on any atom is 2.00 e. The molecule has 3 heteroatoms. The van der Waals surface area contributed by atoms with Crippen molar-refractivity contribution in [2.24, 2.45) is 0 Å². The van der Waals surface area contributed by atoms with E-state index in [4.69, 9.17) is 0 Å². The van der Waals surface area contributed by atoms with Crippen LogP contribution in [0.15, 0.2) is 12.7 Å². The molecule has 0 aromatic rings. The molecule has 0 amide bonds. The van der Waals surface area contributed by atoms with Gasteiger partial charge < -0.3 is 10.1 Å². The van der Waals surface area contributed by atoms with Crippen LogP contribution >= 0.6 is 0 Å². The first kappa shape index (κ1) is 16.6. The van der Waals surface area contributed by atoms with Crippen LogP contribution in [0.2, 0.25) is 0 Å². The third kappa shape index (κ3) is 42.0. The summed E-state index contributed by atoms with van der Waals surface area (Å²) in [4.78, 5) is 3.69. The standard InChI is InChI=1S/C4H10O2.C3H5.Zn/c1-4(2,3)6-5;1-3-2;/h5H,1-3H3;3H,1-2H2;/q;-1;+2/p-1. The molecule has 0 N–H and O–H groups in total. The first-order valence-corrected chi connectivity index (χ1v) is 2.69. The van der Waals surface area contributed by atoms with Crippen molar-refractivity contribution >= 4 is 0 Å². The van der Waals surface area contributed by atoms with E-state index < -0.39 is 5.60 Å². The third-order valence-electron chi connectivity index (χ3n) is 0.250. The molecule has 2 nitrogen and oxygen atoms in total. The molecule has 0 radical (unpaired) electrons. The molecule has 0 aliphatic heterocycles. The second-order valence-corrected chi connectivity index (χ2v) is 2.48. The predicted molar refractivity (Wildman–Crippen MR) is 36.4 cm³/mol. The summed E-state index contributed by atoms with van der Waals surface area (Å²) in [5.74, 6) is 0. The van der Waals surface area contributed by atoms with E-state index in [1.165, 1.54) is 6.08 Å². The van der Waals surface area contributed by atoms with Gasteiger partial charge in [-0.1, -0.05) is 0 Å². The zero-order valence-corrected chi connectivity index (χ0v) is 9.98. The van der Waals surface area contributed by atoms with Crippen LogP contribution in [0.25, 0.3) is 0 Å². The van der Waals surface area contributed by atoms with Crippen molar-refractivity contribution < 1.29 is 29.6 Å². The van der Waals surface area contributed by atoms with Gasteiger partial charge in [-0.25, -0.2) is 19.6 Å². The Labute approximate surface area is 76.0 Å². The second kappa shape index (κ2) is 9.15. The first-order valence-electron chi connectivity index (χ1n) is 2.69. The minimum absolute atomic E-state index is 0. The van der Waals surface area contributed by atoms with Crippen LogP contribution < -0.4 is 5.26 Å². The third-order valence-corrected chi connectivity index (χ3v) is 0.250. The molecule has 0 spiro atoms. The maximum absolute atomic E-state index is 9.45. The van der Waals surface area contributed by atoms with Crippen LogP contribution in [0.3, 0.4) is 0 Å². The molecule has 0 aliphatic carbocycles. The van der Waals surface area contributed by atoms with E-state index in [2.05, 4.69) is 18.4 Å². The van der Waals surface area contributed by atoms with Crippen molar-refractivity contribution in [3.63, 3.8) is 0 Å². The SMILES string of the molecule is C=C[CH2-].CC(C)(C)O[O-].[Zn+2]. The fourth-order valence-electron chi connectivity index (χ4n) is 0. The van der Waals surface area contributed by atoms with Gasteiger partial charge in [-0.05, 0) is 20.8 Å². The van der Waals surface area contributed by atoms with E-state index in [9.17, 15) is 5.26 Å². The van der Waals surface area contributed by atoms with Gasteiger partial charge in [-0.15, -0.1) is 0 Å². The molecule has 56 valence electrons. The Morgan fingerprint density at radius 1 is 1.50 bits per heavy atom. The van der Waals surface area contributed by atoms with Crippen molar-refractivity contribution in [3.05, 3.63) is 19.6 Å². The van der Waals surface area contributed by atoms with Crippen molar-refractivity contribution in [1.82, 2.24) is 0 Å². The van der Waals surface area contributed by atoms with E-state index in [1.54, 1.807) is 20.8 Å². The summed E-state index contributed by atoms with van der Waals surface area (Å²) >= 11 is 0. The Morgan fingerprint density at radius 2 is 1.60 bits per heavy atom. The maximum atomic E-state index is 9.45. The monoisotopic (exact) mass is 194 g/mol. The van der Waals surface area contributed by atoms with Gasteiger partial charge in [-0.3, -0.25) is 0 Å². The molecule has 0 heterocycles. The molecule has 0 unspecified atom stereocenters. The van der Waals surface area contributed by atoms with Gasteiger partial charge in [0, 0.05) is 5.60 Å². The summed E-state index contributed by atoms with van der Waals surface area (Å²) < 4.78 is 0. The summed E-state index contributed by atoms with van der Waals surface area (Å²) in [6, 6.07) is 0. The van der Waals surface area contributed by atoms with Gasteiger partial charge in [0.1, 0.15) is 0 Å². The fourth-order valence-corrected chi connectivity index (χ4v) is 0. The Kier molecular flexibility index (Phi) is 15.2. The van der Waals surface area contributed by atoms with E-state index >= 15 is 0 Å². The number of hydrogen-bond acceptors (Lipinski definition) is 2. The van der Waals surface area contributed by atoms with Crippen molar-refractivity contribution in [2.45, 2.75) is 26.4 Å². The second-order valence-electron chi connectivity index (χ2n) is 2.48. The van der Waals surface area contributed by atoms with Gasteiger partial charge in [-0.2, -0.15) is 0 Å². The zero-order valence-electron chi connectivity index (χ0n) is 7.02. The van der Waals surface area contributed by atoms with Crippen LogP contribution in [0.4, 0.5) is 0 Å². The molecule has 10 heavy (non-hydrogen) atoms. The van der Waals surface area contributed by atoms with Gasteiger partial charge in [0.25, 0.3) is 0 Å². The van der Waals surface area contributed by atoms with Crippen molar-refractivity contribution in [3.8, 4) is 0 Å². The molecule has 0 rings (SSSR count). The molecule has 0 atom stereocenters. The van der Waals surface area contributed by atoms with Crippen molar-refractivity contribution in [2.75, 3.05) is 0 Å². The number of hydrogen-bond donors (Lipinski definition) is 0. The van der Waals surface area contributed by atoms with Crippen LogP contribution in [0.5, 0.6) is 0 Å². The molecule has 0 saturated carbocycles. The molecule has 0 fully saturated rings. The van der Waals surface area contributed by atoms with E-state index in [0.29, 0.717) is 0 Å². The van der Waals surface area contributed by atoms with Crippen molar-refractivity contribution in [1.29, 1.82) is 0 Å². The fraction of sp³-hybridized carbons (Fsp3) is 0.571. The summed E-state index contributed by atoms with van der Waals surface area (Å²) in [7, 11) is 0. The molecule has 0 bridgehead atoms. The molecule has 0 aliphatic rings. The average Bonchev–Trinajstić information content (AvgIpc) is 1.67. The smallest absolute Gasteiger partial charge is 0.723 e. The molecule has 0 saturated heterocycles. The summed E-state index contributed by atoms with van der Waals surface area (Å²) in [5, 5.41) is 9.45. The quantitative estimate of drug-likeness (QED) is 0.251. The number of allylic oxidation sites excluding steroid dienone is 1. The normalized spacial score (nSPS) is 8.40. The average molecular weight is 196 g/mol. The van der Waals surface area contributed by atoms with Gasteiger partial charge in [0.05, 0.1) is 0 Å². The predicted octanol–water partition coefficient (Wildman–Crippen LogP) is 1.08. The summed E-state index contributed by atoms with van der Waals surface area (Å²) in [6.45, 7) is 11.6. The van der Waals surface area contributed by atoms with E-state index in [0.717, 1.165) is 0 Å². The Morgan fingerprint density at radius 3 is 1.60 bits per heavy atom. The molecule has 0 aromatic heterocycles. The van der Waals surface area contributed by atoms with Crippen LogP contribution in [-0.4, -0.2) is 5.60 Å². The molecule has 0 aromatic carbocycles. The zero-order chi connectivity index (χ0) is 7.91.